The van der Waals surface area contributed by atoms with Crippen molar-refractivity contribution in [2.45, 2.75) is 33.1 Å². The van der Waals surface area contributed by atoms with E-state index in [4.69, 9.17) is 0 Å². The Balaban J connectivity index is 2.87. The van der Waals surface area contributed by atoms with E-state index >= 15 is 0 Å². The maximum absolute atomic E-state index is 11.3. The maximum atomic E-state index is 11.3. The summed E-state index contributed by atoms with van der Waals surface area (Å²) in [6.07, 6.45) is 0.690. The van der Waals surface area contributed by atoms with Gasteiger partial charge in [0.15, 0.2) is 0 Å². The number of ketones is 3. The van der Waals surface area contributed by atoms with Crippen LogP contribution in [0.15, 0.2) is 0 Å². The highest BCUT2D eigenvalue weighted by atomic mass is 16.2. The fourth-order valence-corrected chi connectivity index (χ4v) is 1.63. The zero-order valence-corrected chi connectivity index (χ0v) is 7.35. The van der Waals surface area contributed by atoms with Crippen LogP contribution >= 0.6 is 0 Å². The number of carbonyl (C=O) groups excluding carboxylic acids is 3. The summed E-state index contributed by atoms with van der Waals surface area (Å²) in [4.78, 5) is 33.3. The van der Waals surface area contributed by atoms with Crippen LogP contribution in [0.4, 0.5) is 0 Å². The molecule has 0 aromatic heterocycles. The second-order valence-electron chi connectivity index (χ2n) is 3.56. The first-order valence-electron chi connectivity index (χ1n) is 4.03. The minimum atomic E-state index is -0.994. The van der Waals surface area contributed by atoms with Crippen molar-refractivity contribution in [1.82, 2.24) is 0 Å². The zero-order chi connectivity index (χ0) is 9.35. The average molecular weight is 168 g/mol. The molecule has 0 amide bonds. The molecule has 0 bridgehead atoms. The lowest BCUT2D eigenvalue weighted by Gasteiger charge is -2.17. The van der Waals surface area contributed by atoms with Gasteiger partial charge in [0.25, 0.3) is 0 Å². The zero-order valence-electron chi connectivity index (χ0n) is 7.35. The Morgan fingerprint density at radius 1 is 1.33 bits per heavy atom. The van der Waals surface area contributed by atoms with Gasteiger partial charge in [0.1, 0.15) is 17.3 Å². The van der Waals surface area contributed by atoms with Gasteiger partial charge in [-0.15, -0.1) is 0 Å². The highest BCUT2D eigenvalue weighted by Crippen LogP contribution is 2.34. The maximum Gasteiger partial charge on any atom is 0.147 e. The first kappa shape index (κ1) is 9.10. The van der Waals surface area contributed by atoms with E-state index in [2.05, 4.69) is 0 Å². The second-order valence-corrected chi connectivity index (χ2v) is 3.56. The van der Waals surface area contributed by atoms with Crippen molar-refractivity contribution < 1.29 is 14.4 Å². The smallest absolute Gasteiger partial charge is 0.147 e. The van der Waals surface area contributed by atoms with Crippen LogP contribution in [0.25, 0.3) is 0 Å². The predicted molar refractivity (Wildman–Crippen MR) is 42.7 cm³/mol. The Morgan fingerprint density at radius 3 is 2.08 bits per heavy atom. The van der Waals surface area contributed by atoms with Gasteiger partial charge in [-0.3, -0.25) is 14.4 Å². The summed E-state index contributed by atoms with van der Waals surface area (Å²) in [5.41, 5.74) is -0.994. The number of carbonyl (C=O) groups is 3. The van der Waals surface area contributed by atoms with Crippen molar-refractivity contribution in [3.05, 3.63) is 0 Å². The molecule has 0 unspecified atom stereocenters. The highest BCUT2D eigenvalue weighted by molar-refractivity contribution is 6.14. The number of rotatable bonds is 2. The molecule has 66 valence electrons. The number of hydrogen-bond donors (Lipinski definition) is 0. The molecule has 0 atom stereocenters. The van der Waals surface area contributed by atoms with E-state index in [0.29, 0.717) is 12.8 Å². The molecule has 3 nitrogen and oxygen atoms in total. The summed E-state index contributed by atoms with van der Waals surface area (Å²) in [6, 6.07) is 0. The van der Waals surface area contributed by atoms with Gasteiger partial charge in [-0.2, -0.15) is 0 Å². The van der Waals surface area contributed by atoms with Gasteiger partial charge >= 0.3 is 0 Å². The van der Waals surface area contributed by atoms with Crippen LogP contribution in [0, 0.1) is 5.41 Å². The third-order valence-corrected chi connectivity index (χ3v) is 2.41. The lowest BCUT2D eigenvalue weighted by Crippen LogP contribution is -2.31. The molecule has 3 heteroatoms. The van der Waals surface area contributed by atoms with Crippen LogP contribution in [-0.4, -0.2) is 17.3 Å². The summed E-state index contributed by atoms with van der Waals surface area (Å²) in [5.74, 6) is -0.258. The van der Waals surface area contributed by atoms with Gasteiger partial charge < -0.3 is 0 Å². The van der Waals surface area contributed by atoms with Crippen LogP contribution in [0.5, 0.6) is 0 Å². The molecule has 1 saturated carbocycles. The molecule has 0 aromatic rings. The van der Waals surface area contributed by atoms with E-state index in [1.807, 2.05) is 0 Å². The molecule has 1 rings (SSSR count). The van der Waals surface area contributed by atoms with Crippen molar-refractivity contribution in [3.8, 4) is 0 Å². The van der Waals surface area contributed by atoms with Gasteiger partial charge in [0.05, 0.1) is 5.41 Å². The van der Waals surface area contributed by atoms with Crippen molar-refractivity contribution in [3.63, 3.8) is 0 Å². The SMILES string of the molecule is CC(=O)CC1(C)C(=O)CCC1=O. The molecule has 0 spiro atoms. The average Bonchev–Trinajstić information content (AvgIpc) is 2.16. The first-order valence-corrected chi connectivity index (χ1v) is 4.03. The topological polar surface area (TPSA) is 51.2 Å². The molecule has 1 aliphatic rings. The van der Waals surface area contributed by atoms with Gasteiger partial charge in [-0.05, 0) is 13.8 Å². The normalized spacial score (nSPS) is 21.5. The van der Waals surface area contributed by atoms with Gasteiger partial charge in [0, 0.05) is 19.3 Å². The van der Waals surface area contributed by atoms with Crippen molar-refractivity contribution >= 4 is 17.3 Å². The Labute approximate surface area is 71.1 Å². The standard InChI is InChI=1S/C9H12O3/c1-6(10)5-9(2)7(11)3-4-8(9)12/h3-5H2,1-2H3. The number of hydrogen-bond acceptors (Lipinski definition) is 3. The fourth-order valence-electron chi connectivity index (χ4n) is 1.63. The number of Topliss-reactive ketones (excluding diaryl/α,β-unsaturated/α-hetero) is 3. The predicted octanol–water partition coefficient (Wildman–Crippen LogP) is 0.904. The van der Waals surface area contributed by atoms with Crippen LogP contribution in [0.1, 0.15) is 33.1 Å². The van der Waals surface area contributed by atoms with Gasteiger partial charge in [-0.25, -0.2) is 0 Å². The second kappa shape index (κ2) is 2.81. The molecule has 1 fully saturated rings. The summed E-state index contributed by atoms with van der Waals surface area (Å²) in [5, 5.41) is 0. The lowest BCUT2D eigenvalue weighted by atomic mass is 9.82. The van der Waals surface area contributed by atoms with E-state index in [1.54, 1.807) is 6.92 Å². The fraction of sp³-hybridized carbons (Fsp3) is 0.667. The van der Waals surface area contributed by atoms with Crippen molar-refractivity contribution in [2.24, 2.45) is 5.41 Å². The third kappa shape index (κ3) is 1.31. The summed E-state index contributed by atoms with van der Waals surface area (Å²) in [6.45, 7) is 2.98. The molecule has 0 aliphatic heterocycles. The van der Waals surface area contributed by atoms with Crippen LogP contribution < -0.4 is 0 Å². The molecule has 0 aromatic carbocycles. The Kier molecular flexibility index (Phi) is 2.13. The van der Waals surface area contributed by atoms with E-state index in [-0.39, 0.29) is 23.8 Å². The minimum absolute atomic E-state index is 0.0741. The Hall–Kier alpha value is -0.990. The molecule has 12 heavy (non-hydrogen) atoms. The van der Waals surface area contributed by atoms with E-state index in [0.717, 1.165) is 0 Å². The summed E-state index contributed by atoms with van der Waals surface area (Å²) >= 11 is 0. The van der Waals surface area contributed by atoms with Gasteiger partial charge in [0.2, 0.25) is 0 Å². The quantitative estimate of drug-likeness (QED) is 0.576. The van der Waals surface area contributed by atoms with Crippen LogP contribution in [0.3, 0.4) is 0 Å². The summed E-state index contributed by atoms with van der Waals surface area (Å²) in [7, 11) is 0. The third-order valence-electron chi connectivity index (χ3n) is 2.41. The lowest BCUT2D eigenvalue weighted by molar-refractivity contribution is -0.137. The molecule has 0 heterocycles. The molecule has 0 radical (unpaired) electrons. The molecule has 1 aliphatic carbocycles. The largest absolute Gasteiger partial charge is 0.300 e. The first-order chi connectivity index (χ1) is 5.47. The molecule has 0 saturated heterocycles. The Morgan fingerprint density at radius 2 is 1.75 bits per heavy atom. The van der Waals surface area contributed by atoms with Crippen LogP contribution in [0.2, 0.25) is 0 Å². The van der Waals surface area contributed by atoms with Crippen LogP contribution in [-0.2, 0) is 14.4 Å². The molecule has 0 N–H and O–H groups in total. The minimum Gasteiger partial charge on any atom is -0.300 e. The van der Waals surface area contributed by atoms with Gasteiger partial charge in [-0.1, -0.05) is 0 Å². The molecular weight excluding hydrogens is 156 g/mol. The summed E-state index contributed by atoms with van der Waals surface area (Å²) < 4.78 is 0. The van der Waals surface area contributed by atoms with E-state index in [9.17, 15) is 14.4 Å². The molecular formula is C9H12O3. The van der Waals surface area contributed by atoms with Crippen molar-refractivity contribution in [1.29, 1.82) is 0 Å². The Bertz CT molecular complexity index is 236. The van der Waals surface area contributed by atoms with Crippen molar-refractivity contribution in [2.75, 3.05) is 0 Å². The van der Waals surface area contributed by atoms with E-state index < -0.39 is 5.41 Å². The highest BCUT2D eigenvalue weighted by Gasteiger charge is 2.45. The monoisotopic (exact) mass is 168 g/mol. The van der Waals surface area contributed by atoms with E-state index in [1.165, 1.54) is 6.92 Å².